The van der Waals surface area contributed by atoms with Gasteiger partial charge in [0.05, 0.1) is 18.3 Å². The number of carbonyl (C=O) groups excluding carboxylic acids is 1. The Kier molecular flexibility index (Phi) is 7.92. The second-order valence-corrected chi connectivity index (χ2v) is 11.2. The summed E-state index contributed by atoms with van der Waals surface area (Å²) >= 11 is 0. The number of fused-ring (bicyclic) bond motifs is 1. The smallest absolute Gasteiger partial charge is 0.341 e. The number of carbonyl (C=O) groups is 2. The first-order valence-corrected chi connectivity index (χ1v) is 14.5. The molecule has 0 spiro atoms. The molecule has 6 rings (SSSR count). The number of carboxylic acids is 1. The van der Waals surface area contributed by atoms with E-state index < -0.39 is 17.2 Å². The van der Waals surface area contributed by atoms with Gasteiger partial charge in [0.15, 0.2) is 5.78 Å². The van der Waals surface area contributed by atoms with Crippen LogP contribution in [0.2, 0.25) is 0 Å². The van der Waals surface area contributed by atoms with Crippen molar-refractivity contribution in [1.82, 2.24) is 9.47 Å². The number of pyridine rings is 1. The van der Waals surface area contributed by atoms with E-state index in [1.54, 1.807) is 36.0 Å². The number of phenolic OH excluding ortho intramolecular Hbond substituents is 1. The van der Waals surface area contributed by atoms with Gasteiger partial charge in [0.2, 0.25) is 5.43 Å². The molecule has 10 heteroatoms. The molecule has 1 aromatic heterocycles. The van der Waals surface area contributed by atoms with Crippen LogP contribution in [0.1, 0.15) is 50.7 Å². The molecule has 9 nitrogen and oxygen atoms in total. The predicted octanol–water partition coefficient (Wildman–Crippen LogP) is 5.11. The number of phenols is 1. The number of hydrogen-bond acceptors (Lipinski definition) is 7. The fraction of sp³-hybridized carbons (Fsp3) is 0.265. The number of piperazine rings is 1. The zero-order chi connectivity index (χ0) is 31.0. The molecule has 1 aliphatic carbocycles. The Bertz CT molecular complexity index is 1840. The minimum atomic E-state index is -1.32. The molecule has 2 fully saturated rings. The van der Waals surface area contributed by atoms with E-state index in [2.05, 4.69) is 4.90 Å². The van der Waals surface area contributed by atoms with Crippen molar-refractivity contribution in [2.75, 3.05) is 38.2 Å². The van der Waals surface area contributed by atoms with Crippen molar-refractivity contribution in [2.45, 2.75) is 25.4 Å². The highest BCUT2D eigenvalue weighted by Crippen LogP contribution is 2.38. The average molecular weight is 598 g/mol. The summed E-state index contributed by atoms with van der Waals surface area (Å²) in [6.07, 6.45) is 6.36. The average Bonchev–Trinajstić information content (AvgIpc) is 3.87. The molecule has 3 aromatic carbocycles. The normalized spacial score (nSPS) is 15.6. The number of benzene rings is 3. The van der Waals surface area contributed by atoms with Crippen molar-refractivity contribution in [1.29, 1.82) is 0 Å². The number of aromatic nitrogens is 1. The molecule has 1 saturated heterocycles. The van der Waals surface area contributed by atoms with Crippen molar-refractivity contribution < 1.29 is 28.9 Å². The summed E-state index contributed by atoms with van der Waals surface area (Å²) < 4.78 is 22.3. The third kappa shape index (κ3) is 5.93. The molecule has 1 aliphatic heterocycles. The van der Waals surface area contributed by atoms with Crippen LogP contribution >= 0.6 is 0 Å². The van der Waals surface area contributed by atoms with Crippen molar-refractivity contribution in [3.05, 3.63) is 105 Å². The summed E-state index contributed by atoms with van der Waals surface area (Å²) in [5, 5.41) is 20.1. The van der Waals surface area contributed by atoms with Gasteiger partial charge in [-0.25, -0.2) is 9.18 Å². The number of rotatable bonds is 9. The molecular weight excluding hydrogens is 565 g/mol. The molecule has 2 heterocycles. The predicted molar refractivity (Wildman–Crippen MR) is 165 cm³/mol. The Morgan fingerprint density at radius 3 is 2.41 bits per heavy atom. The second-order valence-electron chi connectivity index (χ2n) is 11.2. The van der Waals surface area contributed by atoms with Gasteiger partial charge in [-0.3, -0.25) is 14.5 Å². The van der Waals surface area contributed by atoms with Gasteiger partial charge in [-0.2, -0.15) is 0 Å². The molecule has 44 heavy (non-hydrogen) atoms. The Hall–Kier alpha value is -4.96. The van der Waals surface area contributed by atoms with Crippen LogP contribution in [0, 0.1) is 5.82 Å². The largest absolute Gasteiger partial charge is 0.508 e. The van der Waals surface area contributed by atoms with Crippen molar-refractivity contribution in [3.63, 3.8) is 0 Å². The summed E-state index contributed by atoms with van der Waals surface area (Å²) in [6, 6.07) is 15.1. The maximum absolute atomic E-state index is 15.4. The van der Waals surface area contributed by atoms with Crippen LogP contribution in [-0.2, 0) is 6.54 Å². The zero-order valence-corrected chi connectivity index (χ0v) is 24.2. The van der Waals surface area contributed by atoms with Crippen molar-refractivity contribution >= 4 is 34.4 Å². The molecule has 1 saturated carbocycles. The van der Waals surface area contributed by atoms with E-state index >= 15 is 4.39 Å². The van der Waals surface area contributed by atoms with Crippen LogP contribution in [0.3, 0.4) is 0 Å². The lowest BCUT2D eigenvalue weighted by atomic mass is 10.0. The number of aromatic hydroxyl groups is 1. The van der Waals surface area contributed by atoms with E-state index in [9.17, 15) is 24.6 Å². The number of anilines is 1. The van der Waals surface area contributed by atoms with E-state index in [0.29, 0.717) is 55.1 Å². The molecule has 2 N–H and O–H groups in total. The summed E-state index contributed by atoms with van der Waals surface area (Å²) in [7, 11) is 1.59. The zero-order valence-electron chi connectivity index (χ0n) is 24.2. The van der Waals surface area contributed by atoms with Gasteiger partial charge in [0.25, 0.3) is 0 Å². The lowest BCUT2D eigenvalue weighted by Gasteiger charge is -2.36. The maximum atomic E-state index is 15.4. The minimum Gasteiger partial charge on any atom is -0.508 e. The monoisotopic (exact) mass is 597 g/mol. The van der Waals surface area contributed by atoms with Crippen LogP contribution in [0.15, 0.2) is 71.7 Å². The quantitative estimate of drug-likeness (QED) is 0.202. The first-order chi connectivity index (χ1) is 21.2. The fourth-order valence-electron chi connectivity index (χ4n) is 5.64. The number of allylic oxidation sites excluding steroid dienone is 1. The molecular formula is C34H32FN3O6. The maximum Gasteiger partial charge on any atom is 0.341 e. The third-order valence-corrected chi connectivity index (χ3v) is 8.29. The molecule has 2 aliphatic rings. The molecule has 0 amide bonds. The van der Waals surface area contributed by atoms with Gasteiger partial charge in [-0.15, -0.1) is 0 Å². The topological polar surface area (TPSA) is 112 Å². The van der Waals surface area contributed by atoms with E-state index in [4.69, 9.17) is 4.74 Å². The van der Waals surface area contributed by atoms with E-state index in [-0.39, 0.29) is 28.5 Å². The molecule has 0 bridgehead atoms. The first kappa shape index (κ1) is 29.1. The summed E-state index contributed by atoms with van der Waals surface area (Å²) in [6.45, 7) is 2.60. The Balaban J connectivity index is 1.15. The summed E-state index contributed by atoms with van der Waals surface area (Å²) in [5.74, 6) is -1.24. The van der Waals surface area contributed by atoms with E-state index in [1.807, 2.05) is 29.2 Å². The van der Waals surface area contributed by atoms with Gasteiger partial charge >= 0.3 is 5.97 Å². The van der Waals surface area contributed by atoms with Gasteiger partial charge in [0, 0.05) is 61.5 Å². The van der Waals surface area contributed by atoms with Crippen LogP contribution in [-0.4, -0.2) is 64.7 Å². The minimum absolute atomic E-state index is 0.0698. The standard InChI is InChI=1S/C34H32FN3O6/c1-44-25-8-2-21(3-9-25)4-10-31(39)22-5-11-32(40)23(16-22)19-36-12-14-37(15-13-36)30-18-29-26(17-28(30)35)33(41)27(34(42)43)20-38(29)24-6-7-24/h2-5,8-11,16-18,20,24,40H,6-7,12-15,19H2,1H3,(H,42,43)/b10-4+. The Morgan fingerprint density at radius 1 is 1.02 bits per heavy atom. The SMILES string of the molecule is COc1ccc(/C=C/C(=O)c2ccc(O)c(CN3CCN(c4cc5c(cc4F)c(=O)c(C(=O)O)cn5C4CC4)CC3)c2)cc1. The molecule has 0 atom stereocenters. The number of ether oxygens (including phenoxy) is 1. The van der Waals surface area contributed by atoms with Crippen LogP contribution in [0.25, 0.3) is 17.0 Å². The molecule has 226 valence electrons. The lowest BCUT2D eigenvalue weighted by molar-refractivity contribution is 0.0694. The van der Waals surface area contributed by atoms with Gasteiger partial charge in [-0.05, 0) is 66.9 Å². The van der Waals surface area contributed by atoms with Gasteiger partial charge in [0.1, 0.15) is 22.9 Å². The Morgan fingerprint density at radius 2 is 1.75 bits per heavy atom. The summed E-state index contributed by atoms with van der Waals surface area (Å²) in [4.78, 5) is 41.4. The number of halogens is 1. The number of aromatic carboxylic acids is 1. The van der Waals surface area contributed by atoms with Gasteiger partial charge in [-0.1, -0.05) is 18.2 Å². The highest BCUT2D eigenvalue weighted by Gasteiger charge is 2.28. The number of nitrogens with zero attached hydrogens (tertiary/aromatic N) is 3. The second kappa shape index (κ2) is 12.0. The number of hydrogen-bond donors (Lipinski definition) is 2. The van der Waals surface area contributed by atoms with Gasteiger partial charge < -0.3 is 24.4 Å². The molecule has 0 radical (unpaired) electrons. The summed E-state index contributed by atoms with van der Waals surface area (Å²) in [5.41, 5.74) is 1.82. The fourth-order valence-corrected chi connectivity index (χ4v) is 5.64. The third-order valence-electron chi connectivity index (χ3n) is 8.29. The van der Waals surface area contributed by atoms with Crippen LogP contribution < -0.4 is 15.1 Å². The van der Waals surface area contributed by atoms with Crippen LogP contribution in [0.4, 0.5) is 10.1 Å². The highest BCUT2D eigenvalue weighted by molar-refractivity contribution is 6.07. The van der Waals surface area contributed by atoms with E-state index in [0.717, 1.165) is 30.2 Å². The highest BCUT2D eigenvalue weighted by atomic mass is 19.1. The molecule has 0 unspecified atom stereocenters. The molecule has 4 aromatic rings. The number of ketones is 1. The van der Waals surface area contributed by atoms with Crippen molar-refractivity contribution in [3.8, 4) is 11.5 Å². The Labute approximate surface area is 253 Å². The number of carboxylic acid groups (broad SMARTS) is 1. The number of methoxy groups -OCH3 is 1. The lowest BCUT2D eigenvalue weighted by Crippen LogP contribution is -2.46. The van der Waals surface area contributed by atoms with Crippen LogP contribution in [0.5, 0.6) is 11.5 Å². The van der Waals surface area contributed by atoms with Crippen molar-refractivity contribution in [2.24, 2.45) is 0 Å². The van der Waals surface area contributed by atoms with E-state index in [1.165, 1.54) is 18.3 Å². The first-order valence-electron chi connectivity index (χ1n) is 14.5.